The maximum atomic E-state index is 11.3. The third kappa shape index (κ3) is 2.44. The summed E-state index contributed by atoms with van der Waals surface area (Å²) in [5.74, 6) is 0. The standard InChI is InChI=1S/C22H20O2/c23-21(20-16-24-20)22(17-10-4-1-5-11-17,18-12-6-2-7-13-18)19-14-8-3-9-15-19/h1-15,20-21,23H,16H2/t20?,21-/m1/s1. The van der Waals surface area contributed by atoms with Crippen molar-refractivity contribution in [2.45, 2.75) is 17.6 Å². The van der Waals surface area contributed by atoms with Gasteiger partial charge in [-0.1, -0.05) is 91.0 Å². The Bertz CT molecular complexity index is 683. The number of rotatable bonds is 5. The first-order valence-electron chi connectivity index (χ1n) is 8.29. The summed E-state index contributed by atoms with van der Waals surface area (Å²) >= 11 is 0. The second kappa shape index (κ2) is 6.23. The lowest BCUT2D eigenvalue weighted by atomic mass is 9.65. The molecule has 0 aromatic heterocycles. The highest BCUT2D eigenvalue weighted by Crippen LogP contribution is 2.45. The lowest BCUT2D eigenvalue weighted by Crippen LogP contribution is -2.45. The Morgan fingerprint density at radius 3 is 1.33 bits per heavy atom. The molecular formula is C22H20O2. The van der Waals surface area contributed by atoms with E-state index in [2.05, 4.69) is 36.4 Å². The number of hydrogen-bond acceptors (Lipinski definition) is 2. The zero-order valence-corrected chi connectivity index (χ0v) is 13.4. The van der Waals surface area contributed by atoms with Gasteiger partial charge in [-0.25, -0.2) is 0 Å². The second-order valence-corrected chi connectivity index (χ2v) is 6.22. The van der Waals surface area contributed by atoms with E-state index in [1.165, 1.54) is 0 Å². The summed E-state index contributed by atoms with van der Waals surface area (Å²) in [6.45, 7) is 0.607. The Hall–Kier alpha value is -2.42. The lowest BCUT2D eigenvalue weighted by molar-refractivity contribution is 0.0886. The molecule has 0 aliphatic carbocycles. The fourth-order valence-corrected chi connectivity index (χ4v) is 3.63. The molecule has 1 heterocycles. The maximum absolute atomic E-state index is 11.3. The van der Waals surface area contributed by atoms with Gasteiger partial charge >= 0.3 is 0 Å². The van der Waals surface area contributed by atoms with Gasteiger partial charge in [-0.05, 0) is 16.7 Å². The van der Waals surface area contributed by atoms with Crippen LogP contribution in [0.2, 0.25) is 0 Å². The molecule has 2 nitrogen and oxygen atoms in total. The molecule has 1 saturated heterocycles. The van der Waals surface area contributed by atoms with E-state index in [1.54, 1.807) is 0 Å². The molecule has 3 aromatic carbocycles. The topological polar surface area (TPSA) is 32.8 Å². The zero-order valence-electron chi connectivity index (χ0n) is 13.4. The molecule has 1 unspecified atom stereocenters. The highest BCUT2D eigenvalue weighted by molar-refractivity contribution is 5.52. The van der Waals surface area contributed by atoms with Crippen molar-refractivity contribution < 1.29 is 9.84 Å². The summed E-state index contributed by atoms with van der Waals surface area (Å²) in [7, 11) is 0. The van der Waals surface area contributed by atoms with Crippen LogP contribution in [-0.2, 0) is 10.2 Å². The first kappa shape index (κ1) is 15.1. The molecule has 1 aliphatic rings. The number of benzene rings is 3. The Kier molecular flexibility index (Phi) is 3.93. The lowest BCUT2D eigenvalue weighted by Gasteiger charge is -2.39. The molecule has 0 saturated carbocycles. The monoisotopic (exact) mass is 316 g/mol. The van der Waals surface area contributed by atoms with Crippen LogP contribution in [0.15, 0.2) is 91.0 Å². The fraction of sp³-hybridized carbons (Fsp3) is 0.182. The van der Waals surface area contributed by atoms with Crippen LogP contribution in [0, 0.1) is 0 Å². The van der Waals surface area contributed by atoms with Crippen LogP contribution in [0.5, 0.6) is 0 Å². The van der Waals surface area contributed by atoms with Gasteiger partial charge in [0.05, 0.1) is 12.0 Å². The van der Waals surface area contributed by atoms with Crippen LogP contribution in [0.25, 0.3) is 0 Å². The van der Waals surface area contributed by atoms with Gasteiger partial charge in [0.15, 0.2) is 0 Å². The molecule has 3 aromatic rings. The van der Waals surface area contributed by atoms with Gasteiger partial charge in [0.25, 0.3) is 0 Å². The van der Waals surface area contributed by atoms with E-state index in [4.69, 9.17) is 4.74 Å². The molecule has 2 heteroatoms. The van der Waals surface area contributed by atoms with E-state index < -0.39 is 11.5 Å². The van der Waals surface area contributed by atoms with Gasteiger partial charge in [0.1, 0.15) is 12.2 Å². The van der Waals surface area contributed by atoms with Crippen LogP contribution < -0.4 is 0 Å². The quantitative estimate of drug-likeness (QED) is 0.574. The van der Waals surface area contributed by atoms with Crippen LogP contribution in [-0.4, -0.2) is 23.9 Å². The van der Waals surface area contributed by atoms with Crippen molar-refractivity contribution >= 4 is 0 Å². The van der Waals surface area contributed by atoms with E-state index in [0.717, 1.165) is 16.7 Å². The maximum Gasteiger partial charge on any atom is 0.108 e. The zero-order chi connectivity index (χ0) is 16.4. The van der Waals surface area contributed by atoms with Crippen LogP contribution >= 0.6 is 0 Å². The summed E-state index contributed by atoms with van der Waals surface area (Å²) < 4.78 is 5.49. The molecular weight excluding hydrogens is 296 g/mol. The first-order valence-corrected chi connectivity index (χ1v) is 8.29. The molecule has 0 amide bonds. The minimum atomic E-state index is -0.648. The molecule has 0 spiro atoms. The molecule has 24 heavy (non-hydrogen) atoms. The molecule has 2 atom stereocenters. The molecule has 1 N–H and O–H groups in total. The third-order valence-electron chi connectivity index (χ3n) is 4.84. The van der Waals surface area contributed by atoms with Gasteiger partial charge in [0, 0.05) is 0 Å². The summed E-state index contributed by atoms with van der Waals surface area (Å²) in [5.41, 5.74) is 2.58. The molecule has 4 rings (SSSR count). The average molecular weight is 316 g/mol. The van der Waals surface area contributed by atoms with E-state index in [1.807, 2.05) is 54.6 Å². The minimum Gasteiger partial charge on any atom is -0.389 e. The molecule has 1 fully saturated rings. The van der Waals surface area contributed by atoms with Gasteiger partial charge in [-0.15, -0.1) is 0 Å². The van der Waals surface area contributed by atoms with Crippen molar-refractivity contribution in [3.05, 3.63) is 108 Å². The van der Waals surface area contributed by atoms with Crippen molar-refractivity contribution in [3.8, 4) is 0 Å². The normalized spacial score (nSPS) is 18.1. The number of ether oxygens (including phenoxy) is 1. The number of epoxide rings is 1. The molecule has 0 bridgehead atoms. The molecule has 1 aliphatic heterocycles. The number of aliphatic hydroxyl groups is 1. The first-order chi connectivity index (χ1) is 11.8. The Morgan fingerprint density at radius 1 is 0.708 bits per heavy atom. The molecule has 120 valence electrons. The van der Waals surface area contributed by atoms with Crippen molar-refractivity contribution in [2.75, 3.05) is 6.61 Å². The third-order valence-corrected chi connectivity index (χ3v) is 4.84. The summed E-state index contributed by atoms with van der Waals surface area (Å²) in [6, 6.07) is 30.7. The van der Waals surface area contributed by atoms with Gasteiger partial charge in [-0.3, -0.25) is 0 Å². The fourth-order valence-electron chi connectivity index (χ4n) is 3.63. The van der Waals surface area contributed by atoms with Gasteiger partial charge in [-0.2, -0.15) is 0 Å². The number of hydrogen-bond donors (Lipinski definition) is 1. The summed E-state index contributed by atoms with van der Waals surface area (Å²) in [5, 5.41) is 11.3. The van der Waals surface area contributed by atoms with Crippen molar-refractivity contribution in [1.29, 1.82) is 0 Å². The van der Waals surface area contributed by atoms with E-state index in [9.17, 15) is 5.11 Å². The summed E-state index contributed by atoms with van der Waals surface area (Å²) in [4.78, 5) is 0. The second-order valence-electron chi connectivity index (χ2n) is 6.22. The average Bonchev–Trinajstić information content (AvgIpc) is 3.50. The minimum absolute atomic E-state index is 0.134. The highest BCUT2D eigenvalue weighted by atomic mass is 16.6. The van der Waals surface area contributed by atoms with Crippen molar-refractivity contribution in [3.63, 3.8) is 0 Å². The molecule has 0 radical (unpaired) electrons. The van der Waals surface area contributed by atoms with Crippen LogP contribution in [0.3, 0.4) is 0 Å². The Labute approximate surface area is 142 Å². The smallest absolute Gasteiger partial charge is 0.108 e. The van der Waals surface area contributed by atoms with Crippen LogP contribution in [0.1, 0.15) is 16.7 Å². The van der Waals surface area contributed by atoms with E-state index in [-0.39, 0.29) is 6.10 Å². The van der Waals surface area contributed by atoms with E-state index >= 15 is 0 Å². The number of aliphatic hydroxyl groups excluding tert-OH is 1. The Balaban J connectivity index is 2.03. The largest absolute Gasteiger partial charge is 0.389 e. The van der Waals surface area contributed by atoms with Crippen molar-refractivity contribution in [1.82, 2.24) is 0 Å². The van der Waals surface area contributed by atoms with Gasteiger partial charge in [0.2, 0.25) is 0 Å². The van der Waals surface area contributed by atoms with E-state index in [0.29, 0.717) is 6.61 Å². The van der Waals surface area contributed by atoms with Crippen LogP contribution in [0.4, 0.5) is 0 Å². The predicted octanol–water partition coefficient (Wildman–Crippen LogP) is 3.78. The Morgan fingerprint density at radius 2 is 1.04 bits per heavy atom. The predicted molar refractivity (Wildman–Crippen MR) is 95.0 cm³/mol. The SMILES string of the molecule is O[C@H](C1CO1)C(c1ccccc1)(c1ccccc1)c1ccccc1. The van der Waals surface area contributed by atoms with Crippen molar-refractivity contribution in [2.24, 2.45) is 0 Å². The highest BCUT2D eigenvalue weighted by Gasteiger charge is 2.50. The summed E-state index contributed by atoms with van der Waals surface area (Å²) in [6.07, 6.45) is -0.782. The van der Waals surface area contributed by atoms with Gasteiger partial charge < -0.3 is 9.84 Å².